The molecule has 2 rings (SSSR count). The van der Waals surface area contributed by atoms with Crippen molar-refractivity contribution in [1.29, 1.82) is 0 Å². The highest BCUT2D eigenvalue weighted by atomic mass is 35.5. The fourth-order valence-electron chi connectivity index (χ4n) is 1.62. The zero-order valence-electron chi connectivity index (χ0n) is 8.30. The number of carbonyl (C=O) groups is 2. The van der Waals surface area contributed by atoms with Gasteiger partial charge in [0.1, 0.15) is 5.54 Å². The lowest BCUT2D eigenvalue weighted by molar-refractivity contribution is -0.123. The summed E-state index contributed by atoms with van der Waals surface area (Å²) in [6.07, 6.45) is 0. The molecule has 16 heavy (non-hydrogen) atoms. The second kappa shape index (κ2) is 3.64. The Morgan fingerprint density at radius 2 is 1.94 bits per heavy atom. The number of nitrogens with one attached hydrogen (secondary N) is 2. The molecule has 0 aliphatic carbocycles. The van der Waals surface area contributed by atoms with Gasteiger partial charge in [-0.05, 0) is 13.0 Å². The first-order chi connectivity index (χ1) is 7.45. The highest BCUT2D eigenvalue weighted by Crippen LogP contribution is 2.34. The lowest BCUT2D eigenvalue weighted by Gasteiger charge is -2.22. The van der Waals surface area contributed by atoms with Crippen molar-refractivity contribution in [2.45, 2.75) is 12.5 Å². The van der Waals surface area contributed by atoms with E-state index in [9.17, 15) is 9.59 Å². The van der Waals surface area contributed by atoms with Crippen LogP contribution in [0.25, 0.3) is 0 Å². The summed E-state index contributed by atoms with van der Waals surface area (Å²) in [5, 5.41) is 5.29. The minimum absolute atomic E-state index is 0.268. The molecule has 1 aliphatic heterocycles. The average molecular weight is 259 g/mol. The van der Waals surface area contributed by atoms with Gasteiger partial charge >= 0.3 is 6.03 Å². The monoisotopic (exact) mass is 258 g/mol. The van der Waals surface area contributed by atoms with Crippen LogP contribution in [0.15, 0.2) is 18.2 Å². The summed E-state index contributed by atoms with van der Waals surface area (Å²) in [6, 6.07) is 4.40. The fourth-order valence-corrected chi connectivity index (χ4v) is 2.11. The van der Waals surface area contributed by atoms with Crippen LogP contribution in [0.1, 0.15) is 12.5 Å². The van der Waals surface area contributed by atoms with Crippen molar-refractivity contribution in [2.24, 2.45) is 0 Å². The normalized spacial score (nSPS) is 24.2. The molecule has 0 bridgehead atoms. The molecule has 3 amide bonds. The maximum absolute atomic E-state index is 11.7. The van der Waals surface area contributed by atoms with Gasteiger partial charge in [-0.3, -0.25) is 10.1 Å². The molecule has 6 heteroatoms. The van der Waals surface area contributed by atoms with E-state index in [-0.39, 0.29) is 5.02 Å². The molecule has 1 saturated heterocycles. The van der Waals surface area contributed by atoms with E-state index in [1.165, 1.54) is 0 Å². The van der Waals surface area contributed by atoms with Crippen molar-refractivity contribution < 1.29 is 9.59 Å². The number of halogens is 2. The van der Waals surface area contributed by atoms with Crippen LogP contribution in [-0.2, 0) is 10.3 Å². The van der Waals surface area contributed by atoms with Crippen molar-refractivity contribution in [3.63, 3.8) is 0 Å². The second-order valence-corrected chi connectivity index (χ2v) is 4.42. The van der Waals surface area contributed by atoms with Crippen molar-refractivity contribution in [3.8, 4) is 0 Å². The molecule has 2 N–H and O–H groups in total. The maximum atomic E-state index is 11.7. The van der Waals surface area contributed by atoms with E-state index >= 15 is 0 Å². The molecule has 84 valence electrons. The summed E-state index contributed by atoms with van der Waals surface area (Å²) in [4.78, 5) is 22.8. The first-order valence-corrected chi connectivity index (χ1v) is 5.29. The number of imide groups is 1. The molecule has 1 heterocycles. The highest BCUT2D eigenvalue weighted by molar-refractivity contribution is 6.42. The molecule has 0 saturated carbocycles. The Bertz CT molecular complexity index is 490. The summed E-state index contributed by atoms with van der Waals surface area (Å²) < 4.78 is 0. The number of hydrogen-bond donors (Lipinski definition) is 2. The van der Waals surface area contributed by atoms with E-state index in [2.05, 4.69) is 10.6 Å². The summed E-state index contributed by atoms with van der Waals surface area (Å²) in [6.45, 7) is 1.57. The summed E-state index contributed by atoms with van der Waals surface area (Å²) in [5.41, 5.74) is -0.691. The van der Waals surface area contributed by atoms with Gasteiger partial charge in [-0.1, -0.05) is 35.3 Å². The Labute approximate surface area is 102 Å². The number of urea groups is 1. The molecular weight excluding hydrogens is 251 g/mol. The third-order valence-electron chi connectivity index (χ3n) is 2.53. The second-order valence-electron chi connectivity index (χ2n) is 3.63. The SMILES string of the molecule is CC1(c2cccc(Cl)c2Cl)NC(=O)NC1=O. The van der Waals surface area contributed by atoms with Gasteiger partial charge in [0.2, 0.25) is 0 Å². The van der Waals surface area contributed by atoms with Gasteiger partial charge in [0.15, 0.2) is 0 Å². The first-order valence-electron chi connectivity index (χ1n) is 4.53. The van der Waals surface area contributed by atoms with Gasteiger partial charge in [-0.2, -0.15) is 0 Å². The third kappa shape index (κ3) is 1.54. The van der Waals surface area contributed by atoms with Crippen LogP contribution < -0.4 is 10.6 Å². The predicted octanol–water partition coefficient (Wildman–Crippen LogP) is 2.05. The molecule has 1 aromatic rings. The highest BCUT2D eigenvalue weighted by Gasteiger charge is 2.44. The minimum Gasteiger partial charge on any atom is -0.320 e. The Balaban J connectivity index is 2.56. The number of benzene rings is 1. The van der Waals surface area contributed by atoms with Crippen molar-refractivity contribution in [3.05, 3.63) is 33.8 Å². The number of rotatable bonds is 1. The van der Waals surface area contributed by atoms with Crippen LogP contribution >= 0.6 is 23.2 Å². The van der Waals surface area contributed by atoms with Gasteiger partial charge in [-0.25, -0.2) is 4.79 Å². The molecule has 1 fully saturated rings. The number of carbonyl (C=O) groups excluding carboxylic acids is 2. The molecule has 4 nitrogen and oxygen atoms in total. The topological polar surface area (TPSA) is 58.2 Å². The Morgan fingerprint density at radius 3 is 2.50 bits per heavy atom. The molecular formula is C10H8Cl2N2O2. The van der Waals surface area contributed by atoms with Gasteiger partial charge in [0.05, 0.1) is 10.0 Å². The lowest BCUT2D eigenvalue weighted by Crippen LogP contribution is -2.40. The zero-order chi connectivity index (χ0) is 11.9. The van der Waals surface area contributed by atoms with E-state index < -0.39 is 17.5 Å². The molecule has 1 aliphatic rings. The first kappa shape index (κ1) is 11.2. The quantitative estimate of drug-likeness (QED) is 0.758. The predicted molar refractivity (Wildman–Crippen MR) is 60.5 cm³/mol. The minimum atomic E-state index is -1.17. The van der Waals surface area contributed by atoms with Crippen LogP contribution in [0.3, 0.4) is 0 Å². The molecule has 0 spiro atoms. The van der Waals surface area contributed by atoms with Crippen molar-refractivity contribution >= 4 is 35.1 Å². The largest absolute Gasteiger partial charge is 0.322 e. The van der Waals surface area contributed by atoms with E-state index in [0.29, 0.717) is 10.6 Å². The van der Waals surface area contributed by atoms with Crippen LogP contribution in [-0.4, -0.2) is 11.9 Å². The molecule has 1 atom stereocenters. The van der Waals surface area contributed by atoms with Gasteiger partial charge < -0.3 is 5.32 Å². The fraction of sp³-hybridized carbons (Fsp3) is 0.200. The molecule has 1 unspecified atom stereocenters. The molecule has 0 radical (unpaired) electrons. The van der Waals surface area contributed by atoms with Crippen molar-refractivity contribution in [1.82, 2.24) is 10.6 Å². The Kier molecular flexibility index (Phi) is 2.56. The maximum Gasteiger partial charge on any atom is 0.322 e. The van der Waals surface area contributed by atoms with Crippen molar-refractivity contribution in [2.75, 3.05) is 0 Å². The Morgan fingerprint density at radius 1 is 1.25 bits per heavy atom. The number of hydrogen-bond acceptors (Lipinski definition) is 2. The average Bonchev–Trinajstić information content (AvgIpc) is 2.46. The zero-order valence-corrected chi connectivity index (χ0v) is 9.82. The summed E-state index contributed by atoms with van der Waals surface area (Å²) in [7, 11) is 0. The standard InChI is InChI=1S/C10H8Cl2N2O2/c1-10(8(15)13-9(16)14-10)5-3-2-4-6(11)7(5)12/h2-4H,1H3,(H2,13,14,15,16). The van der Waals surface area contributed by atoms with E-state index in [4.69, 9.17) is 23.2 Å². The van der Waals surface area contributed by atoms with Gasteiger partial charge in [-0.15, -0.1) is 0 Å². The summed E-state index contributed by atoms with van der Waals surface area (Å²) >= 11 is 11.9. The van der Waals surface area contributed by atoms with E-state index in [0.717, 1.165) is 0 Å². The summed E-state index contributed by atoms with van der Waals surface area (Å²) in [5.74, 6) is -0.443. The number of amides is 3. The van der Waals surface area contributed by atoms with Crippen LogP contribution in [0.2, 0.25) is 10.0 Å². The van der Waals surface area contributed by atoms with Crippen LogP contribution in [0.4, 0.5) is 4.79 Å². The van der Waals surface area contributed by atoms with Crippen LogP contribution in [0.5, 0.6) is 0 Å². The molecule has 0 aromatic heterocycles. The van der Waals surface area contributed by atoms with E-state index in [1.54, 1.807) is 25.1 Å². The van der Waals surface area contributed by atoms with Gasteiger partial charge in [0.25, 0.3) is 5.91 Å². The van der Waals surface area contributed by atoms with E-state index in [1.807, 2.05) is 0 Å². The van der Waals surface area contributed by atoms with Crippen LogP contribution in [0, 0.1) is 0 Å². The third-order valence-corrected chi connectivity index (χ3v) is 3.35. The molecule has 1 aromatic carbocycles. The van der Waals surface area contributed by atoms with Gasteiger partial charge in [0, 0.05) is 5.56 Å². The Hall–Kier alpha value is -1.26. The lowest BCUT2D eigenvalue weighted by atomic mass is 9.92. The smallest absolute Gasteiger partial charge is 0.320 e.